The van der Waals surface area contributed by atoms with Gasteiger partial charge in [0.15, 0.2) is 0 Å². The van der Waals surface area contributed by atoms with Gasteiger partial charge in [-0.3, -0.25) is 4.79 Å². The maximum Gasteiger partial charge on any atom is 0.253 e. The Morgan fingerprint density at radius 3 is 2.45 bits per heavy atom. The van der Waals surface area contributed by atoms with Crippen molar-refractivity contribution >= 4 is 17.3 Å². The van der Waals surface area contributed by atoms with E-state index in [9.17, 15) is 4.79 Å². The van der Waals surface area contributed by atoms with Gasteiger partial charge in [-0.25, -0.2) is 0 Å². The van der Waals surface area contributed by atoms with Crippen LogP contribution < -0.4 is 11.1 Å². The minimum Gasteiger partial charge on any atom is -0.397 e. The zero-order valence-electron chi connectivity index (χ0n) is 12.7. The summed E-state index contributed by atoms with van der Waals surface area (Å²) in [5.74, 6) is -0.0212. The highest BCUT2D eigenvalue weighted by atomic mass is 16.2. The van der Waals surface area contributed by atoms with Gasteiger partial charge in [0.1, 0.15) is 0 Å². The standard InChI is InChI=1S/C16H25N3O/c1-16(9-5-4-6-10-16)18-14-8-7-12(11-13(14)17)15(20)19(2)3/h7-8,11,18H,4-6,9-10,17H2,1-3H3. The van der Waals surface area contributed by atoms with Gasteiger partial charge in [-0.1, -0.05) is 19.3 Å². The third-order valence-corrected chi connectivity index (χ3v) is 4.10. The van der Waals surface area contributed by atoms with E-state index in [2.05, 4.69) is 12.2 Å². The highest BCUT2D eigenvalue weighted by Crippen LogP contribution is 2.33. The molecule has 1 amide bonds. The largest absolute Gasteiger partial charge is 0.397 e. The van der Waals surface area contributed by atoms with Crippen LogP contribution in [0.2, 0.25) is 0 Å². The molecular weight excluding hydrogens is 250 g/mol. The van der Waals surface area contributed by atoms with Crippen molar-refractivity contribution in [2.24, 2.45) is 0 Å². The van der Waals surface area contributed by atoms with Crippen LogP contribution >= 0.6 is 0 Å². The summed E-state index contributed by atoms with van der Waals surface area (Å²) >= 11 is 0. The van der Waals surface area contributed by atoms with Crippen LogP contribution in [-0.4, -0.2) is 30.4 Å². The van der Waals surface area contributed by atoms with E-state index in [-0.39, 0.29) is 11.4 Å². The summed E-state index contributed by atoms with van der Waals surface area (Å²) in [5.41, 5.74) is 8.44. The molecule has 4 nitrogen and oxygen atoms in total. The Morgan fingerprint density at radius 1 is 1.25 bits per heavy atom. The average molecular weight is 275 g/mol. The van der Waals surface area contributed by atoms with E-state index in [4.69, 9.17) is 5.73 Å². The van der Waals surface area contributed by atoms with Crippen LogP contribution in [0.3, 0.4) is 0 Å². The van der Waals surface area contributed by atoms with E-state index in [0.29, 0.717) is 11.3 Å². The van der Waals surface area contributed by atoms with Gasteiger partial charge < -0.3 is 16.0 Å². The number of hydrogen-bond acceptors (Lipinski definition) is 3. The van der Waals surface area contributed by atoms with Gasteiger partial charge >= 0.3 is 0 Å². The number of benzene rings is 1. The fourth-order valence-corrected chi connectivity index (χ4v) is 2.85. The first-order valence-corrected chi connectivity index (χ1v) is 7.31. The lowest BCUT2D eigenvalue weighted by atomic mass is 9.83. The van der Waals surface area contributed by atoms with Crippen molar-refractivity contribution in [1.82, 2.24) is 4.90 Å². The quantitative estimate of drug-likeness (QED) is 0.833. The zero-order valence-corrected chi connectivity index (χ0v) is 12.7. The normalized spacial score (nSPS) is 17.6. The fourth-order valence-electron chi connectivity index (χ4n) is 2.85. The van der Waals surface area contributed by atoms with Crippen molar-refractivity contribution in [3.05, 3.63) is 23.8 Å². The molecule has 0 spiro atoms. The first-order valence-electron chi connectivity index (χ1n) is 7.31. The summed E-state index contributed by atoms with van der Waals surface area (Å²) in [7, 11) is 3.49. The second-order valence-electron chi connectivity index (χ2n) is 6.25. The van der Waals surface area contributed by atoms with Crippen molar-refractivity contribution in [1.29, 1.82) is 0 Å². The van der Waals surface area contributed by atoms with Crippen LogP contribution in [0.15, 0.2) is 18.2 Å². The molecule has 1 aliphatic carbocycles. The van der Waals surface area contributed by atoms with E-state index in [0.717, 1.165) is 5.69 Å². The van der Waals surface area contributed by atoms with Crippen LogP contribution in [0.25, 0.3) is 0 Å². The van der Waals surface area contributed by atoms with Gasteiger partial charge in [0.05, 0.1) is 11.4 Å². The summed E-state index contributed by atoms with van der Waals surface area (Å²) in [6.45, 7) is 2.25. The molecule has 2 rings (SSSR count). The molecule has 0 atom stereocenters. The second kappa shape index (κ2) is 5.73. The molecule has 0 heterocycles. The molecule has 1 saturated carbocycles. The molecule has 20 heavy (non-hydrogen) atoms. The Kier molecular flexibility index (Phi) is 4.21. The molecular formula is C16H25N3O. The highest BCUT2D eigenvalue weighted by molar-refractivity contribution is 5.95. The summed E-state index contributed by atoms with van der Waals surface area (Å²) in [4.78, 5) is 13.5. The van der Waals surface area contributed by atoms with Crippen molar-refractivity contribution in [3.8, 4) is 0 Å². The molecule has 0 aliphatic heterocycles. The number of hydrogen-bond donors (Lipinski definition) is 2. The maximum absolute atomic E-state index is 11.9. The van der Waals surface area contributed by atoms with E-state index in [1.165, 1.54) is 32.1 Å². The summed E-state index contributed by atoms with van der Waals surface area (Å²) in [6, 6.07) is 5.52. The van der Waals surface area contributed by atoms with Gasteiger partial charge in [0.2, 0.25) is 0 Å². The number of nitrogen functional groups attached to an aromatic ring is 1. The summed E-state index contributed by atoms with van der Waals surface area (Å²) in [6.07, 6.45) is 6.19. The first-order chi connectivity index (χ1) is 9.41. The minimum atomic E-state index is -0.0212. The number of nitrogens with two attached hydrogens (primary N) is 1. The molecule has 1 aliphatic rings. The zero-order chi connectivity index (χ0) is 14.8. The van der Waals surface area contributed by atoms with Gasteiger partial charge in [-0.2, -0.15) is 0 Å². The van der Waals surface area contributed by atoms with Crippen molar-refractivity contribution < 1.29 is 4.79 Å². The lowest BCUT2D eigenvalue weighted by molar-refractivity contribution is 0.0827. The monoisotopic (exact) mass is 275 g/mol. The van der Waals surface area contributed by atoms with Crippen LogP contribution in [0, 0.1) is 0 Å². The lowest BCUT2D eigenvalue weighted by Gasteiger charge is -2.36. The van der Waals surface area contributed by atoms with Crippen molar-refractivity contribution in [2.45, 2.75) is 44.6 Å². The number of amides is 1. The Morgan fingerprint density at radius 2 is 1.90 bits per heavy atom. The Balaban J connectivity index is 2.15. The molecule has 1 aromatic rings. The average Bonchev–Trinajstić information content (AvgIpc) is 2.40. The van der Waals surface area contributed by atoms with E-state index in [1.807, 2.05) is 12.1 Å². The van der Waals surface area contributed by atoms with E-state index < -0.39 is 0 Å². The molecule has 0 saturated heterocycles. The molecule has 0 aromatic heterocycles. The maximum atomic E-state index is 11.9. The Bertz CT molecular complexity index is 490. The van der Waals surface area contributed by atoms with Gasteiger partial charge in [-0.05, 0) is 38.0 Å². The smallest absolute Gasteiger partial charge is 0.253 e. The number of rotatable bonds is 3. The van der Waals surface area contributed by atoms with Crippen LogP contribution in [-0.2, 0) is 0 Å². The SMILES string of the molecule is CN(C)C(=O)c1ccc(NC2(C)CCCCC2)c(N)c1. The van der Waals surface area contributed by atoms with Crippen molar-refractivity contribution in [3.63, 3.8) is 0 Å². The molecule has 0 bridgehead atoms. The second-order valence-corrected chi connectivity index (χ2v) is 6.25. The number of carbonyl (C=O) groups excluding carboxylic acids is 1. The first kappa shape index (κ1) is 14.7. The molecule has 4 heteroatoms. The third-order valence-electron chi connectivity index (χ3n) is 4.10. The van der Waals surface area contributed by atoms with E-state index >= 15 is 0 Å². The molecule has 0 unspecified atom stereocenters. The van der Waals surface area contributed by atoms with Crippen LogP contribution in [0.5, 0.6) is 0 Å². The third kappa shape index (κ3) is 3.24. The minimum absolute atomic E-state index is 0.0212. The Hall–Kier alpha value is -1.71. The number of carbonyl (C=O) groups is 1. The fraction of sp³-hybridized carbons (Fsp3) is 0.562. The molecule has 0 radical (unpaired) electrons. The van der Waals surface area contributed by atoms with Crippen LogP contribution in [0.4, 0.5) is 11.4 Å². The van der Waals surface area contributed by atoms with Gasteiger partial charge in [-0.15, -0.1) is 0 Å². The summed E-state index contributed by atoms with van der Waals surface area (Å²) in [5, 5.41) is 3.57. The predicted molar refractivity (Wildman–Crippen MR) is 84.0 cm³/mol. The van der Waals surface area contributed by atoms with Crippen LogP contribution in [0.1, 0.15) is 49.4 Å². The highest BCUT2D eigenvalue weighted by Gasteiger charge is 2.27. The molecule has 3 N–H and O–H groups in total. The van der Waals surface area contributed by atoms with Gasteiger partial charge in [0.25, 0.3) is 5.91 Å². The van der Waals surface area contributed by atoms with E-state index in [1.54, 1.807) is 25.1 Å². The molecule has 1 fully saturated rings. The number of anilines is 2. The molecule has 1 aromatic carbocycles. The molecule has 110 valence electrons. The lowest BCUT2D eigenvalue weighted by Crippen LogP contribution is -2.37. The number of nitrogens with zero attached hydrogens (tertiary/aromatic N) is 1. The topological polar surface area (TPSA) is 58.4 Å². The Labute approximate surface area is 121 Å². The summed E-state index contributed by atoms with van der Waals surface area (Å²) < 4.78 is 0. The predicted octanol–water partition coefficient (Wildman–Crippen LogP) is 3.11. The van der Waals surface area contributed by atoms with Gasteiger partial charge in [0, 0.05) is 25.2 Å². The number of nitrogens with one attached hydrogen (secondary N) is 1. The van der Waals surface area contributed by atoms with Crippen molar-refractivity contribution in [2.75, 3.05) is 25.1 Å².